The third kappa shape index (κ3) is 11.7. The van der Waals surface area contributed by atoms with Crippen molar-refractivity contribution in [3.63, 3.8) is 0 Å². The molecule has 4 heteroatoms. The molecule has 0 spiro atoms. The van der Waals surface area contributed by atoms with Crippen LogP contribution >= 0.6 is 14.5 Å². The van der Waals surface area contributed by atoms with Gasteiger partial charge in [-0.2, -0.15) is 0 Å². The van der Waals surface area contributed by atoms with Crippen LogP contribution in [0.1, 0.15) is 102 Å². The van der Waals surface area contributed by atoms with Crippen molar-refractivity contribution in [2.75, 3.05) is 13.2 Å². The molecule has 68 heavy (non-hydrogen) atoms. The van der Waals surface area contributed by atoms with Crippen LogP contribution in [0, 0.1) is 0 Å². The van der Waals surface area contributed by atoms with Crippen molar-refractivity contribution >= 4 is 57.1 Å². The van der Waals surface area contributed by atoms with E-state index < -0.39 is 14.5 Å². The van der Waals surface area contributed by atoms with Crippen LogP contribution < -0.4 is 41.3 Å². The topological polar surface area (TPSA) is 18.5 Å². The Kier molecular flexibility index (Phi) is 18.1. The van der Waals surface area contributed by atoms with Crippen molar-refractivity contribution in [1.29, 1.82) is 0 Å². The first kappa shape index (κ1) is 48.9. The maximum absolute atomic E-state index is 7.26. The van der Waals surface area contributed by atoms with Crippen molar-refractivity contribution in [2.24, 2.45) is 0 Å². The highest BCUT2D eigenvalue weighted by Crippen LogP contribution is 2.61. The monoisotopic (exact) mass is 934 g/mol. The van der Waals surface area contributed by atoms with E-state index in [1.807, 2.05) is 0 Å². The zero-order valence-corrected chi connectivity index (χ0v) is 42.4. The number of unbranched alkanes of at least 4 members (excludes halogenated alkanes) is 10. The summed E-state index contributed by atoms with van der Waals surface area (Å²) in [6, 6.07) is 77.3. The summed E-state index contributed by atoms with van der Waals surface area (Å²) >= 11 is 0. The summed E-state index contributed by atoms with van der Waals surface area (Å²) in [4.78, 5) is 0. The number of rotatable bonds is 26. The molecule has 0 aliphatic rings. The summed E-state index contributed by atoms with van der Waals surface area (Å²) in [7, 11) is -4.44. The van der Waals surface area contributed by atoms with Crippen LogP contribution in [-0.2, 0) is 12.3 Å². The van der Waals surface area contributed by atoms with Gasteiger partial charge in [0.25, 0.3) is 0 Å². The molecule has 0 radical (unpaired) electrons. The van der Waals surface area contributed by atoms with Gasteiger partial charge in [0.05, 0.1) is 19.4 Å². The van der Waals surface area contributed by atoms with Crippen LogP contribution in [0.4, 0.5) is 0 Å². The zero-order valence-electron chi connectivity index (χ0n) is 40.7. The highest BCUT2D eigenvalue weighted by atomic mass is 31.2. The first-order valence-electron chi connectivity index (χ1n) is 25.6. The molecule has 8 aromatic carbocycles. The van der Waals surface area contributed by atoms with Crippen molar-refractivity contribution in [3.05, 3.63) is 217 Å². The van der Waals surface area contributed by atoms with E-state index in [4.69, 9.17) is 9.47 Å². The van der Waals surface area contributed by atoms with Crippen molar-refractivity contribution in [3.8, 4) is 11.5 Å². The minimum absolute atomic E-state index is 0.687. The Morgan fingerprint density at radius 1 is 0.324 bits per heavy atom. The van der Waals surface area contributed by atoms with Gasteiger partial charge in [0.2, 0.25) is 0 Å². The molecule has 2 nitrogen and oxygen atoms in total. The highest BCUT2D eigenvalue weighted by molar-refractivity contribution is 7.95. The average Bonchev–Trinajstić information content (AvgIpc) is 3.41. The van der Waals surface area contributed by atoms with Gasteiger partial charge >= 0.3 is 0 Å². The first-order valence-corrected chi connectivity index (χ1v) is 29.6. The van der Waals surface area contributed by atoms with Gasteiger partial charge in [-0.1, -0.05) is 199 Å². The largest absolute Gasteiger partial charge is 0.493 e. The summed E-state index contributed by atoms with van der Waals surface area (Å²) in [5.74, 6) is 1.97. The fourth-order valence-electron chi connectivity index (χ4n) is 10.2. The van der Waals surface area contributed by atoms with E-state index >= 15 is 0 Å². The number of hydrogen-bond acceptors (Lipinski definition) is 2. The second-order valence-electron chi connectivity index (χ2n) is 18.4. The standard InChI is InChI=1S/C64H72O2P2/c1-3-5-7-9-11-31-47-65-63-50-54(52-68(58-39-25-16-26-40-58,59-41-27-17-28-42-59)60-43-29-18-30-44-60)64(66-48-32-12-10-8-6-4-2)61-46-45-53(49-62(61)63)51-67(55-33-19-13-20-34-55,56-35-21-14-22-36-56)57-37-23-15-24-38-57/h13-30,33-46,49-50H,3-12,31-32,47-48,51-52H2,1-2H3/q+2. The molecule has 0 unspecified atom stereocenters. The molecule has 0 saturated heterocycles. The van der Waals surface area contributed by atoms with E-state index in [1.54, 1.807) is 0 Å². The minimum atomic E-state index is -2.28. The van der Waals surface area contributed by atoms with E-state index in [9.17, 15) is 0 Å². The lowest BCUT2D eigenvalue weighted by Crippen LogP contribution is -2.32. The third-order valence-electron chi connectivity index (χ3n) is 13.7. The highest BCUT2D eigenvalue weighted by Gasteiger charge is 2.47. The van der Waals surface area contributed by atoms with Crippen LogP contribution in [0.25, 0.3) is 10.8 Å². The van der Waals surface area contributed by atoms with Gasteiger partial charge in [-0.25, -0.2) is 0 Å². The molecule has 8 aromatic rings. The lowest BCUT2D eigenvalue weighted by Gasteiger charge is -2.29. The molecule has 0 fully saturated rings. The summed E-state index contributed by atoms with van der Waals surface area (Å²) in [5, 5.41) is 10.6. The number of benzene rings is 8. The predicted octanol–water partition coefficient (Wildman–Crippen LogP) is 15.3. The maximum Gasteiger partial charge on any atom is 0.134 e. The Hall–Kier alpha value is -5.52. The van der Waals surface area contributed by atoms with Crippen LogP contribution in [0.2, 0.25) is 0 Å². The molecule has 0 aliphatic heterocycles. The van der Waals surface area contributed by atoms with Gasteiger partial charge < -0.3 is 9.47 Å². The fraction of sp³-hybridized carbons (Fsp3) is 0.281. The predicted molar refractivity (Wildman–Crippen MR) is 299 cm³/mol. The van der Waals surface area contributed by atoms with Gasteiger partial charge in [-0.15, -0.1) is 0 Å². The Morgan fingerprint density at radius 3 is 1.07 bits per heavy atom. The maximum atomic E-state index is 7.26. The summed E-state index contributed by atoms with van der Waals surface area (Å²) in [6.45, 7) is 5.95. The van der Waals surface area contributed by atoms with Crippen LogP contribution in [0.15, 0.2) is 206 Å². The van der Waals surface area contributed by atoms with E-state index in [1.165, 1.54) is 107 Å². The molecule has 0 atom stereocenters. The molecule has 0 aliphatic carbocycles. The Balaban J connectivity index is 1.31. The minimum Gasteiger partial charge on any atom is -0.493 e. The van der Waals surface area contributed by atoms with Gasteiger partial charge in [-0.3, -0.25) is 0 Å². The van der Waals surface area contributed by atoms with Gasteiger partial charge in [-0.05, 0) is 103 Å². The number of hydrogen-bond donors (Lipinski definition) is 0. The van der Waals surface area contributed by atoms with Gasteiger partial charge in [0, 0.05) is 16.3 Å². The van der Waals surface area contributed by atoms with Crippen LogP contribution in [-0.4, -0.2) is 13.2 Å². The van der Waals surface area contributed by atoms with E-state index in [-0.39, 0.29) is 0 Å². The number of ether oxygens (including phenoxy) is 2. The molecule has 0 amide bonds. The smallest absolute Gasteiger partial charge is 0.134 e. The normalized spacial score (nSPS) is 11.7. The molecule has 0 N–H and O–H groups in total. The SMILES string of the molecule is CCCCCCCCOc1cc(C[P+](c2ccccc2)(c2ccccc2)c2ccccc2)c(OCCCCCCCC)c2ccc(C[P+](c3ccccc3)(c3ccccc3)c3ccccc3)cc12. The first-order chi connectivity index (χ1) is 33.7. The van der Waals surface area contributed by atoms with E-state index in [0.29, 0.717) is 13.2 Å². The van der Waals surface area contributed by atoms with E-state index in [0.717, 1.165) is 47.4 Å². The van der Waals surface area contributed by atoms with Gasteiger partial charge in [0.1, 0.15) is 64.0 Å². The molecule has 8 rings (SSSR count). The third-order valence-corrected chi connectivity index (χ3v) is 22.4. The molecule has 0 heterocycles. The molecule has 0 saturated carbocycles. The van der Waals surface area contributed by atoms with Gasteiger partial charge in [0.15, 0.2) is 0 Å². The van der Waals surface area contributed by atoms with Crippen molar-refractivity contribution < 1.29 is 9.47 Å². The van der Waals surface area contributed by atoms with Crippen molar-refractivity contribution in [1.82, 2.24) is 0 Å². The molecule has 0 aromatic heterocycles. The quantitative estimate of drug-likeness (QED) is 0.0398. The van der Waals surface area contributed by atoms with E-state index in [2.05, 4.69) is 220 Å². The summed E-state index contributed by atoms with van der Waals surface area (Å²) in [6.07, 6.45) is 16.3. The average molecular weight is 935 g/mol. The molecular formula is C64H72O2P2+2. The van der Waals surface area contributed by atoms with Crippen LogP contribution in [0.5, 0.6) is 11.5 Å². The second kappa shape index (κ2) is 25.2. The summed E-state index contributed by atoms with van der Waals surface area (Å²) in [5.41, 5.74) is 2.53. The Morgan fingerprint density at radius 2 is 0.676 bits per heavy atom. The number of fused-ring (bicyclic) bond motifs is 1. The second-order valence-corrected chi connectivity index (χ2v) is 25.4. The van der Waals surface area contributed by atoms with Crippen molar-refractivity contribution in [2.45, 2.75) is 103 Å². The Bertz CT molecular complexity index is 2500. The molecular weight excluding hydrogens is 863 g/mol. The zero-order chi connectivity index (χ0) is 46.7. The lowest BCUT2D eigenvalue weighted by molar-refractivity contribution is 0.299. The molecule has 348 valence electrons. The molecule has 0 bridgehead atoms. The summed E-state index contributed by atoms with van der Waals surface area (Å²) < 4.78 is 14.4. The fourth-order valence-corrected chi connectivity index (χ4v) is 18.6. The lowest BCUT2D eigenvalue weighted by atomic mass is 10.0. The van der Waals surface area contributed by atoms with Crippen LogP contribution in [0.3, 0.4) is 0 Å². The Labute approximate surface area is 409 Å².